The summed E-state index contributed by atoms with van der Waals surface area (Å²) in [5, 5.41) is 3.96. The first-order chi connectivity index (χ1) is 8.56. The number of nitrogens with zero attached hydrogens (tertiary/aromatic N) is 2. The minimum atomic E-state index is -0.349. The fraction of sp³-hybridized carbons (Fsp3) is 0.182. The summed E-state index contributed by atoms with van der Waals surface area (Å²) in [5.74, 6) is -0.0865. The molecule has 5 nitrogen and oxygen atoms in total. The van der Waals surface area contributed by atoms with Gasteiger partial charge in [-0.15, -0.1) is 11.3 Å². The van der Waals surface area contributed by atoms with Crippen molar-refractivity contribution in [3.63, 3.8) is 0 Å². The van der Waals surface area contributed by atoms with Gasteiger partial charge in [0.05, 0.1) is 16.6 Å². The average molecular weight is 283 g/mol. The normalized spacial score (nSPS) is 10.3. The van der Waals surface area contributed by atoms with Crippen molar-refractivity contribution in [1.29, 1.82) is 0 Å². The van der Waals surface area contributed by atoms with Gasteiger partial charge in [-0.3, -0.25) is 4.79 Å². The summed E-state index contributed by atoms with van der Waals surface area (Å²) >= 11 is 7.42. The molecule has 3 N–H and O–H groups in total. The summed E-state index contributed by atoms with van der Waals surface area (Å²) in [5.41, 5.74) is 5.66. The molecule has 0 saturated heterocycles. The molecule has 7 heteroatoms. The number of thiazole rings is 1. The third-order valence-corrected chi connectivity index (χ3v) is 3.39. The van der Waals surface area contributed by atoms with E-state index in [1.807, 2.05) is 6.92 Å². The lowest BCUT2D eigenvalue weighted by Crippen LogP contribution is -2.24. The van der Waals surface area contributed by atoms with Crippen LogP contribution in [0.3, 0.4) is 0 Å². The molecule has 0 fully saturated rings. The minimum absolute atomic E-state index is 0.137. The van der Waals surface area contributed by atoms with Crippen LogP contribution in [-0.4, -0.2) is 15.9 Å². The Kier molecular flexibility index (Phi) is 3.78. The summed E-state index contributed by atoms with van der Waals surface area (Å²) in [6.45, 7) is 2.31. The van der Waals surface area contributed by atoms with Crippen LogP contribution in [0.5, 0.6) is 0 Å². The molecule has 94 valence electrons. The number of aromatic nitrogens is 2. The average Bonchev–Trinajstić information content (AvgIpc) is 2.75. The molecule has 0 aliphatic carbocycles. The van der Waals surface area contributed by atoms with Gasteiger partial charge in [0.25, 0.3) is 5.91 Å². The maximum absolute atomic E-state index is 11.9. The van der Waals surface area contributed by atoms with E-state index < -0.39 is 0 Å². The summed E-state index contributed by atoms with van der Waals surface area (Å²) in [6.07, 6.45) is 1.73. The van der Waals surface area contributed by atoms with Crippen molar-refractivity contribution in [2.24, 2.45) is 0 Å². The summed E-state index contributed by atoms with van der Waals surface area (Å²) in [7, 11) is 0. The lowest BCUT2D eigenvalue weighted by Gasteiger charge is -2.05. The Bertz CT molecular complexity index is 584. The molecule has 18 heavy (non-hydrogen) atoms. The van der Waals surface area contributed by atoms with E-state index in [-0.39, 0.29) is 22.4 Å². The molecular weight excluding hydrogens is 272 g/mol. The molecule has 0 aliphatic rings. The third-order valence-electron chi connectivity index (χ3n) is 2.17. The number of carbonyl (C=O) groups excluding carboxylic acids is 1. The zero-order valence-corrected chi connectivity index (χ0v) is 11.2. The highest BCUT2D eigenvalue weighted by atomic mass is 35.5. The van der Waals surface area contributed by atoms with Gasteiger partial charge in [-0.25, -0.2) is 9.97 Å². The quantitative estimate of drug-likeness (QED) is 0.902. The Hall–Kier alpha value is -1.66. The van der Waals surface area contributed by atoms with E-state index in [1.165, 1.54) is 11.3 Å². The van der Waals surface area contributed by atoms with E-state index in [4.69, 9.17) is 17.3 Å². The van der Waals surface area contributed by atoms with E-state index >= 15 is 0 Å². The fourth-order valence-electron chi connectivity index (χ4n) is 1.35. The number of aryl methyl sites for hydroxylation is 1. The number of nitrogen functional groups attached to an aromatic ring is 1. The zero-order chi connectivity index (χ0) is 13.1. The van der Waals surface area contributed by atoms with Crippen LogP contribution in [0, 0.1) is 6.92 Å². The Labute approximate surface area is 113 Å². The van der Waals surface area contributed by atoms with Crippen molar-refractivity contribution < 1.29 is 4.79 Å². The maximum Gasteiger partial charge on any atom is 0.271 e. The molecule has 2 heterocycles. The van der Waals surface area contributed by atoms with Gasteiger partial charge in [0.2, 0.25) is 0 Å². The number of hydrogen-bond acceptors (Lipinski definition) is 5. The first-order valence-corrected chi connectivity index (χ1v) is 6.37. The van der Waals surface area contributed by atoms with Crippen LogP contribution in [0.25, 0.3) is 0 Å². The molecule has 2 aromatic rings. The largest absolute Gasteiger partial charge is 0.384 e. The van der Waals surface area contributed by atoms with E-state index in [0.717, 1.165) is 9.88 Å². The number of nitrogens with one attached hydrogen (secondary N) is 1. The van der Waals surface area contributed by atoms with E-state index in [0.29, 0.717) is 6.54 Å². The Morgan fingerprint density at radius 3 is 3.00 bits per heavy atom. The first kappa shape index (κ1) is 12.8. The monoisotopic (exact) mass is 282 g/mol. The van der Waals surface area contributed by atoms with E-state index in [2.05, 4.69) is 15.3 Å². The number of hydrogen-bond donors (Lipinski definition) is 2. The van der Waals surface area contributed by atoms with Gasteiger partial charge >= 0.3 is 0 Å². The highest BCUT2D eigenvalue weighted by Gasteiger charge is 2.12. The number of halogens is 1. The van der Waals surface area contributed by atoms with Gasteiger partial charge < -0.3 is 11.1 Å². The van der Waals surface area contributed by atoms with Gasteiger partial charge in [-0.1, -0.05) is 11.6 Å². The number of amides is 1. The lowest BCUT2D eigenvalue weighted by atomic mass is 10.3. The summed E-state index contributed by atoms with van der Waals surface area (Å²) in [6, 6.07) is 3.10. The first-order valence-electron chi connectivity index (χ1n) is 5.18. The molecular formula is C11H11ClN4OS. The van der Waals surface area contributed by atoms with Gasteiger partial charge in [0.1, 0.15) is 11.5 Å². The van der Waals surface area contributed by atoms with Crippen molar-refractivity contribution in [2.45, 2.75) is 13.5 Å². The number of pyridine rings is 1. The van der Waals surface area contributed by atoms with E-state index in [1.54, 1.807) is 18.3 Å². The number of carbonyl (C=O) groups is 1. The smallest absolute Gasteiger partial charge is 0.271 e. The van der Waals surface area contributed by atoms with Crippen LogP contribution in [0.4, 0.5) is 5.82 Å². The fourth-order valence-corrected chi connectivity index (χ4v) is 2.28. The zero-order valence-electron chi connectivity index (χ0n) is 9.61. The second-order valence-electron chi connectivity index (χ2n) is 3.59. The van der Waals surface area contributed by atoms with Crippen molar-refractivity contribution in [3.8, 4) is 0 Å². The van der Waals surface area contributed by atoms with Gasteiger partial charge in [-0.2, -0.15) is 0 Å². The second-order valence-corrected chi connectivity index (χ2v) is 5.32. The Morgan fingerprint density at radius 2 is 2.33 bits per heavy atom. The minimum Gasteiger partial charge on any atom is -0.384 e. The predicted molar refractivity (Wildman–Crippen MR) is 71.7 cm³/mol. The molecule has 2 aromatic heterocycles. The highest BCUT2D eigenvalue weighted by molar-refractivity contribution is 7.11. The van der Waals surface area contributed by atoms with Gasteiger partial charge in [0, 0.05) is 11.1 Å². The molecule has 0 aliphatic heterocycles. The summed E-state index contributed by atoms with van der Waals surface area (Å²) < 4.78 is 0. The number of nitrogens with two attached hydrogens (primary N) is 1. The van der Waals surface area contributed by atoms with Crippen LogP contribution in [-0.2, 0) is 6.54 Å². The SMILES string of the molecule is Cc1ncc(CNC(=O)c2nc(N)ccc2Cl)s1. The van der Waals surface area contributed by atoms with Gasteiger partial charge in [0.15, 0.2) is 0 Å². The van der Waals surface area contributed by atoms with Crippen LogP contribution in [0.1, 0.15) is 20.4 Å². The van der Waals surface area contributed by atoms with Crippen LogP contribution in [0.15, 0.2) is 18.3 Å². The van der Waals surface area contributed by atoms with Crippen LogP contribution < -0.4 is 11.1 Å². The predicted octanol–water partition coefficient (Wildman–Crippen LogP) is 2.01. The molecule has 0 saturated carbocycles. The van der Waals surface area contributed by atoms with Crippen LogP contribution >= 0.6 is 22.9 Å². The van der Waals surface area contributed by atoms with Crippen molar-refractivity contribution >= 4 is 34.7 Å². The number of anilines is 1. The molecule has 0 bridgehead atoms. The lowest BCUT2D eigenvalue weighted by molar-refractivity contribution is 0.0946. The molecule has 0 unspecified atom stereocenters. The van der Waals surface area contributed by atoms with Crippen molar-refractivity contribution in [3.05, 3.63) is 38.9 Å². The molecule has 0 aromatic carbocycles. The topological polar surface area (TPSA) is 80.9 Å². The van der Waals surface area contributed by atoms with E-state index in [9.17, 15) is 4.79 Å². The highest BCUT2D eigenvalue weighted by Crippen LogP contribution is 2.16. The second kappa shape index (κ2) is 5.32. The summed E-state index contributed by atoms with van der Waals surface area (Å²) in [4.78, 5) is 20.9. The molecule has 2 rings (SSSR count). The standard InChI is InChI=1S/C11H11ClN4OS/c1-6-14-4-7(18-6)5-15-11(17)10-8(12)2-3-9(13)16-10/h2-4H,5H2,1H3,(H2,13,16)(H,15,17). The Morgan fingerprint density at radius 1 is 1.56 bits per heavy atom. The maximum atomic E-state index is 11.9. The third kappa shape index (κ3) is 2.96. The molecule has 0 spiro atoms. The van der Waals surface area contributed by atoms with Gasteiger partial charge in [-0.05, 0) is 19.1 Å². The molecule has 0 atom stereocenters. The Balaban J connectivity index is 2.05. The number of rotatable bonds is 3. The van der Waals surface area contributed by atoms with Crippen molar-refractivity contribution in [1.82, 2.24) is 15.3 Å². The molecule has 0 radical (unpaired) electrons. The van der Waals surface area contributed by atoms with Crippen LogP contribution in [0.2, 0.25) is 5.02 Å². The molecule has 1 amide bonds. The van der Waals surface area contributed by atoms with Crippen molar-refractivity contribution in [2.75, 3.05) is 5.73 Å².